The number of thioether (sulfide) groups is 1. The number of benzene rings is 2. The fraction of sp³-hybridized carbons (Fsp3) is 0.263. The normalized spacial score (nSPS) is 12.2. The highest BCUT2D eigenvalue weighted by molar-refractivity contribution is 7.99. The monoisotopic (exact) mass is 419 g/mol. The number of ether oxygens (including phenoxy) is 1. The highest BCUT2D eigenvalue weighted by Crippen LogP contribution is 2.35. The number of non-ortho nitro benzene ring substituents is 1. The molecule has 7 nitrogen and oxygen atoms in total. The molecule has 1 atom stereocenters. The van der Waals surface area contributed by atoms with Crippen molar-refractivity contribution >= 4 is 40.0 Å². The van der Waals surface area contributed by atoms with Gasteiger partial charge >= 0.3 is 0 Å². The van der Waals surface area contributed by atoms with Crippen LogP contribution in [0.4, 0.5) is 5.69 Å². The highest BCUT2D eigenvalue weighted by Gasteiger charge is 2.17. The van der Waals surface area contributed by atoms with E-state index in [1.54, 1.807) is 35.9 Å². The average molecular weight is 420 g/mol. The van der Waals surface area contributed by atoms with Crippen LogP contribution in [0.25, 0.3) is 10.9 Å². The molecule has 28 heavy (non-hydrogen) atoms. The topological polar surface area (TPSA) is 87.3 Å². The van der Waals surface area contributed by atoms with Crippen molar-refractivity contribution in [2.45, 2.75) is 23.9 Å². The molecule has 3 aromatic rings. The predicted octanol–water partition coefficient (Wildman–Crippen LogP) is 4.46. The summed E-state index contributed by atoms with van der Waals surface area (Å²) in [5, 5.41) is 12.4. The van der Waals surface area contributed by atoms with Gasteiger partial charge in [0.1, 0.15) is 0 Å². The first kappa shape index (κ1) is 20.3. The summed E-state index contributed by atoms with van der Waals surface area (Å²) in [6.07, 6.45) is 0. The Morgan fingerprint density at radius 2 is 2.11 bits per heavy atom. The number of hydrogen-bond acceptors (Lipinski definition) is 6. The molecule has 0 bridgehead atoms. The summed E-state index contributed by atoms with van der Waals surface area (Å²) >= 11 is 7.42. The second-order valence-corrected chi connectivity index (χ2v) is 7.86. The fourth-order valence-electron chi connectivity index (χ4n) is 2.76. The zero-order chi connectivity index (χ0) is 20.3. The van der Waals surface area contributed by atoms with Gasteiger partial charge in [0.2, 0.25) is 0 Å². The van der Waals surface area contributed by atoms with Crippen LogP contribution in [0.15, 0.2) is 52.4 Å². The number of rotatable bonds is 7. The van der Waals surface area contributed by atoms with E-state index < -0.39 is 4.92 Å². The summed E-state index contributed by atoms with van der Waals surface area (Å²) in [6.45, 7) is 2.63. The van der Waals surface area contributed by atoms with E-state index in [9.17, 15) is 14.9 Å². The third kappa shape index (κ3) is 4.35. The summed E-state index contributed by atoms with van der Waals surface area (Å²) in [6, 6.07) is 11.4. The molecule has 0 saturated heterocycles. The lowest BCUT2D eigenvalue weighted by molar-refractivity contribution is -0.384. The Morgan fingerprint density at radius 3 is 2.82 bits per heavy atom. The molecule has 1 aromatic heterocycles. The van der Waals surface area contributed by atoms with E-state index in [2.05, 4.69) is 4.98 Å². The lowest BCUT2D eigenvalue weighted by Gasteiger charge is -2.16. The molecule has 0 aliphatic carbocycles. The maximum atomic E-state index is 12.9. The third-order valence-corrected chi connectivity index (χ3v) is 5.62. The Bertz CT molecular complexity index is 1090. The van der Waals surface area contributed by atoms with Crippen LogP contribution in [-0.2, 0) is 11.3 Å². The van der Waals surface area contributed by atoms with Gasteiger partial charge in [-0.2, -0.15) is 0 Å². The van der Waals surface area contributed by atoms with Crippen LogP contribution in [0.2, 0.25) is 5.02 Å². The Morgan fingerprint density at radius 1 is 1.32 bits per heavy atom. The summed E-state index contributed by atoms with van der Waals surface area (Å²) in [4.78, 5) is 28.2. The number of nitrogens with zero attached hydrogens (tertiary/aromatic N) is 3. The lowest BCUT2D eigenvalue weighted by atomic mass is 10.1. The number of nitro benzene ring substituents is 1. The van der Waals surface area contributed by atoms with E-state index in [4.69, 9.17) is 16.3 Å². The first-order chi connectivity index (χ1) is 13.4. The van der Waals surface area contributed by atoms with E-state index in [0.29, 0.717) is 34.2 Å². The molecule has 1 unspecified atom stereocenters. The fourth-order valence-corrected chi connectivity index (χ4v) is 3.98. The second-order valence-electron chi connectivity index (χ2n) is 6.12. The molecular formula is C19H18ClN3O4S. The number of hydrogen-bond donors (Lipinski definition) is 0. The lowest BCUT2D eigenvalue weighted by Crippen LogP contribution is -2.25. The molecule has 1 heterocycles. The first-order valence-electron chi connectivity index (χ1n) is 8.50. The summed E-state index contributed by atoms with van der Waals surface area (Å²) in [7, 11) is 1.57. The molecule has 3 rings (SSSR count). The van der Waals surface area contributed by atoms with Crippen LogP contribution < -0.4 is 5.56 Å². The highest BCUT2D eigenvalue weighted by atomic mass is 35.5. The number of fused-ring (bicyclic) bond motifs is 1. The van der Waals surface area contributed by atoms with Crippen LogP contribution in [0, 0.1) is 10.1 Å². The molecule has 0 aliphatic rings. The second kappa shape index (κ2) is 8.72. The van der Waals surface area contributed by atoms with Crippen LogP contribution >= 0.6 is 23.4 Å². The van der Waals surface area contributed by atoms with Crippen LogP contribution in [0.5, 0.6) is 0 Å². The van der Waals surface area contributed by atoms with Crippen LogP contribution in [-0.4, -0.2) is 28.2 Å². The molecule has 146 valence electrons. The molecule has 0 N–H and O–H groups in total. The maximum absolute atomic E-state index is 12.9. The van der Waals surface area contributed by atoms with Gasteiger partial charge in [0.15, 0.2) is 5.16 Å². The van der Waals surface area contributed by atoms with Crippen LogP contribution in [0.3, 0.4) is 0 Å². The van der Waals surface area contributed by atoms with Crippen molar-refractivity contribution < 1.29 is 9.66 Å². The first-order valence-corrected chi connectivity index (χ1v) is 9.76. The van der Waals surface area contributed by atoms with Crippen molar-refractivity contribution in [3.05, 3.63) is 73.5 Å². The van der Waals surface area contributed by atoms with Crippen molar-refractivity contribution in [3.63, 3.8) is 0 Å². The molecule has 0 fully saturated rings. The van der Waals surface area contributed by atoms with E-state index in [-0.39, 0.29) is 16.5 Å². The number of methoxy groups -OCH3 is 1. The SMILES string of the molecule is COCCn1c(SC(C)c2cccc([N+](=O)[O-])c2)nc2cc(Cl)ccc2c1=O. The Balaban J connectivity index is 2.04. The molecule has 9 heteroatoms. The zero-order valence-electron chi connectivity index (χ0n) is 15.3. The summed E-state index contributed by atoms with van der Waals surface area (Å²) in [5.74, 6) is 0. The Kier molecular flexibility index (Phi) is 6.33. The van der Waals surface area contributed by atoms with E-state index >= 15 is 0 Å². The third-order valence-electron chi connectivity index (χ3n) is 4.23. The van der Waals surface area contributed by atoms with E-state index in [0.717, 1.165) is 5.56 Å². The van der Waals surface area contributed by atoms with Gasteiger partial charge in [0.25, 0.3) is 11.2 Å². The van der Waals surface area contributed by atoms with Gasteiger partial charge in [-0.25, -0.2) is 4.98 Å². The molecule has 0 amide bonds. The van der Waals surface area contributed by atoms with Crippen molar-refractivity contribution in [3.8, 4) is 0 Å². The van der Waals surface area contributed by atoms with Crippen molar-refractivity contribution in [2.24, 2.45) is 0 Å². The standard InChI is InChI=1S/C19H18ClN3O4S/c1-12(13-4-3-5-15(10-13)23(25)26)28-19-21-17-11-14(20)6-7-16(17)18(24)22(19)8-9-27-2/h3-7,10-12H,8-9H2,1-2H3. The van der Waals surface area contributed by atoms with Crippen molar-refractivity contribution in [1.82, 2.24) is 9.55 Å². The van der Waals surface area contributed by atoms with Gasteiger partial charge in [-0.3, -0.25) is 19.5 Å². The number of halogens is 1. The van der Waals surface area contributed by atoms with Gasteiger partial charge in [0, 0.05) is 29.5 Å². The van der Waals surface area contributed by atoms with Gasteiger partial charge in [-0.15, -0.1) is 0 Å². The molecular weight excluding hydrogens is 402 g/mol. The Labute approximate surface area is 170 Å². The molecule has 0 saturated carbocycles. The quantitative estimate of drug-likeness (QED) is 0.243. The minimum Gasteiger partial charge on any atom is -0.383 e. The van der Waals surface area contributed by atoms with E-state index in [1.165, 1.54) is 23.9 Å². The minimum absolute atomic E-state index is 0.0278. The minimum atomic E-state index is -0.425. The van der Waals surface area contributed by atoms with Crippen LogP contribution in [0.1, 0.15) is 17.7 Å². The maximum Gasteiger partial charge on any atom is 0.269 e. The van der Waals surface area contributed by atoms with Gasteiger partial charge in [-0.1, -0.05) is 35.5 Å². The summed E-state index contributed by atoms with van der Waals surface area (Å²) < 4.78 is 6.69. The van der Waals surface area contributed by atoms with Crippen molar-refractivity contribution in [1.29, 1.82) is 0 Å². The molecule has 0 radical (unpaired) electrons. The molecule has 0 spiro atoms. The number of aromatic nitrogens is 2. The molecule has 0 aliphatic heterocycles. The smallest absolute Gasteiger partial charge is 0.269 e. The van der Waals surface area contributed by atoms with Gasteiger partial charge in [0.05, 0.1) is 29.0 Å². The Hall–Kier alpha value is -2.42. The summed E-state index contributed by atoms with van der Waals surface area (Å²) in [5.41, 5.74) is 1.14. The van der Waals surface area contributed by atoms with Crippen molar-refractivity contribution in [2.75, 3.05) is 13.7 Å². The molecule has 2 aromatic carbocycles. The predicted molar refractivity (Wildman–Crippen MR) is 110 cm³/mol. The van der Waals surface area contributed by atoms with Gasteiger partial charge in [-0.05, 0) is 30.7 Å². The average Bonchev–Trinajstić information content (AvgIpc) is 2.67. The largest absolute Gasteiger partial charge is 0.383 e. The number of nitro groups is 1. The zero-order valence-corrected chi connectivity index (χ0v) is 16.9. The van der Waals surface area contributed by atoms with Gasteiger partial charge < -0.3 is 4.74 Å². The van der Waals surface area contributed by atoms with E-state index in [1.807, 2.05) is 13.0 Å².